The van der Waals surface area contributed by atoms with Crippen molar-refractivity contribution in [3.63, 3.8) is 0 Å². The summed E-state index contributed by atoms with van der Waals surface area (Å²) in [6.45, 7) is -0.976. The lowest BCUT2D eigenvalue weighted by Crippen LogP contribution is -2.39. The summed E-state index contributed by atoms with van der Waals surface area (Å²) in [5, 5.41) is 12.5. The van der Waals surface area contributed by atoms with Gasteiger partial charge in [-0.05, 0) is 11.6 Å². The summed E-state index contributed by atoms with van der Waals surface area (Å²) >= 11 is 0. The van der Waals surface area contributed by atoms with Crippen LogP contribution in [0.25, 0.3) is 0 Å². The maximum atomic E-state index is 13.3. The largest absolute Gasteiger partial charge is 0.480 e. The molecule has 0 fully saturated rings. The van der Waals surface area contributed by atoms with E-state index in [-0.39, 0.29) is 12.0 Å². The Kier molecular flexibility index (Phi) is 5.57. The minimum atomic E-state index is -1.21. The van der Waals surface area contributed by atoms with Gasteiger partial charge in [0.2, 0.25) is 11.8 Å². The molecule has 3 N–H and O–H groups in total. The molecule has 0 unspecified atom stereocenters. The normalized spacial score (nSPS) is 9.90. The van der Waals surface area contributed by atoms with Crippen molar-refractivity contribution in [1.82, 2.24) is 10.6 Å². The van der Waals surface area contributed by atoms with E-state index in [0.717, 1.165) is 12.1 Å². The maximum absolute atomic E-state index is 13.3. The second-order valence-corrected chi connectivity index (χ2v) is 3.86. The molecule has 0 aromatic heterocycles. The fourth-order valence-electron chi connectivity index (χ4n) is 1.32. The zero-order chi connectivity index (χ0) is 15.1. The van der Waals surface area contributed by atoms with Crippen molar-refractivity contribution >= 4 is 17.8 Å². The molecule has 108 valence electrons. The molecular formula is C12H12F2N2O4. The first-order valence-electron chi connectivity index (χ1n) is 5.57. The monoisotopic (exact) mass is 286 g/mol. The van der Waals surface area contributed by atoms with E-state index >= 15 is 0 Å². The fourth-order valence-corrected chi connectivity index (χ4v) is 1.32. The van der Waals surface area contributed by atoms with Gasteiger partial charge >= 0.3 is 5.97 Å². The molecule has 0 spiro atoms. The Morgan fingerprint density at radius 1 is 1.05 bits per heavy atom. The lowest BCUT2D eigenvalue weighted by atomic mass is 10.1. The molecule has 0 saturated carbocycles. The van der Waals surface area contributed by atoms with Crippen LogP contribution in [0.4, 0.5) is 8.78 Å². The van der Waals surface area contributed by atoms with Crippen molar-refractivity contribution in [2.45, 2.75) is 6.42 Å². The molecule has 1 rings (SSSR count). The highest BCUT2D eigenvalue weighted by Crippen LogP contribution is 2.09. The summed E-state index contributed by atoms with van der Waals surface area (Å²) in [5.74, 6) is -4.13. The van der Waals surface area contributed by atoms with Gasteiger partial charge in [0, 0.05) is 6.07 Å². The van der Waals surface area contributed by atoms with Gasteiger partial charge in [-0.1, -0.05) is 6.07 Å². The quantitative estimate of drug-likeness (QED) is 0.676. The van der Waals surface area contributed by atoms with Gasteiger partial charge in [-0.15, -0.1) is 0 Å². The number of nitrogens with one attached hydrogen (secondary N) is 2. The molecule has 0 saturated heterocycles. The van der Waals surface area contributed by atoms with Crippen molar-refractivity contribution in [2.24, 2.45) is 0 Å². The van der Waals surface area contributed by atoms with Crippen LogP contribution in [-0.2, 0) is 20.8 Å². The Morgan fingerprint density at radius 2 is 1.70 bits per heavy atom. The third-order valence-corrected chi connectivity index (χ3v) is 2.25. The number of carbonyl (C=O) groups excluding carboxylic acids is 2. The maximum Gasteiger partial charge on any atom is 0.322 e. The van der Waals surface area contributed by atoms with E-state index in [9.17, 15) is 23.2 Å². The Hall–Kier alpha value is -2.51. The van der Waals surface area contributed by atoms with E-state index in [1.807, 2.05) is 5.32 Å². The van der Waals surface area contributed by atoms with E-state index < -0.39 is 42.5 Å². The van der Waals surface area contributed by atoms with Gasteiger partial charge in [0.15, 0.2) is 0 Å². The predicted octanol–water partition coefficient (Wildman–Crippen LogP) is -0.176. The molecular weight excluding hydrogens is 274 g/mol. The number of rotatable bonds is 6. The number of benzene rings is 1. The van der Waals surface area contributed by atoms with E-state index in [4.69, 9.17) is 5.11 Å². The van der Waals surface area contributed by atoms with Gasteiger partial charge in [0.1, 0.15) is 18.2 Å². The summed E-state index contributed by atoms with van der Waals surface area (Å²) in [5.41, 5.74) is -0.00477. The topological polar surface area (TPSA) is 95.5 Å². The molecule has 0 aliphatic rings. The summed E-state index contributed by atoms with van der Waals surface area (Å²) in [7, 11) is 0. The molecule has 0 bridgehead atoms. The molecule has 6 nitrogen and oxygen atoms in total. The Bertz CT molecular complexity index is 534. The third-order valence-electron chi connectivity index (χ3n) is 2.25. The fraction of sp³-hybridized carbons (Fsp3) is 0.250. The zero-order valence-electron chi connectivity index (χ0n) is 10.3. The van der Waals surface area contributed by atoms with Crippen LogP contribution >= 0.6 is 0 Å². The van der Waals surface area contributed by atoms with Crippen LogP contribution in [0.3, 0.4) is 0 Å². The van der Waals surface area contributed by atoms with Gasteiger partial charge in [0.25, 0.3) is 0 Å². The van der Waals surface area contributed by atoms with Crippen LogP contribution in [0.2, 0.25) is 0 Å². The molecule has 2 amide bonds. The molecule has 0 heterocycles. The third kappa shape index (κ3) is 5.42. The van der Waals surface area contributed by atoms with E-state index in [0.29, 0.717) is 6.07 Å². The van der Waals surface area contributed by atoms with Crippen LogP contribution in [-0.4, -0.2) is 36.0 Å². The van der Waals surface area contributed by atoms with Crippen molar-refractivity contribution in [3.05, 3.63) is 35.4 Å². The number of carboxylic acid groups (broad SMARTS) is 1. The minimum absolute atomic E-state index is 0.00477. The number of amides is 2. The second-order valence-electron chi connectivity index (χ2n) is 3.86. The first kappa shape index (κ1) is 15.5. The lowest BCUT2D eigenvalue weighted by Gasteiger charge is -2.06. The SMILES string of the molecule is O=C(O)CNC(=O)CNC(=O)Cc1ccc(F)cc1F. The summed E-state index contributed by atoms with van der Waals surface area (Å²) in [6.07, 6.45) is -0.349. The number of aliphatic carboxylic acids is 1. The lowest BCUT2D eigenvalue weighted by molar-refractivity contribution is -0.137. The average molecular weight is 286 g/mol. The summed E-state index contributed by atoms with van der Waals surface area (Å²) in [4.78, 5) is 32.7. The van der Waals surface area contributed by atoms with Crippen LogP contribution < -0.4 is 10.6 Å². The Labute approximate surface area is 112 Å². The number of halogens is 2. The van der Waals surface area contributed by atoms with Gasteiger partial charge in [0.05, 0.1) is 13.0 Å². The van der Waals surface area contributed by atoms with Crippen molar-refractivity contribution in [3.8, 4) is 0 Å². The van der Waals surface area contributed by atoms with Gasteiger partial charge in [-0.3, -0.25) is 14.4 Å². The molecule has 20 heavy (non-hydrogen) atoms. The first-order chi connectivity index (χ1) is 9.38. The van der Waals surface area contributed by atoms with Crippen LogP contribution in [0.5, 0.6) is 0 Å². The molecule has 0 atom stereocenters. The predicted molar refractivity (Wildman–Crippen MR) is 63.7 cm³/mol. The Morgan fingerprint density at radius 3 is 2.30 bits per heavy atom. The van der Waals surface area contributed by atoms with Gasteiger partial charge < -0.3 is 15.7 Å². The van der Waals surface area contributed by atoms with Crippen LogP contribution in [0.15, 0.2) is 18.2 Å². The van der Waals surface area contributed by atoms with Gasteiger partial charge in [-0.25, -0.2) is 8.78 Å². The highest BCUT2D eigenvalue weighted by molar-refractivity contribution is 5.87. The molecule has 8 heteroatoms. The molecule has 0 aliphatic carbocycles. The van der Waals surface area contributed by atoms with Crippen molar-refractivity contribution in [2.75, 3.05) is 13.1 Å². The average Bonchev–Trinajstić information content (AvgIpc) is 2.37. The van der Waals surface area contributed by atoms with Crippen molar-refractivity contribution < 1.29 is 28.3 Å². The first-order valence-corrected chi connectivity index (χ1v) is 5.57. The second kappa shape index (κ2) is 7.17. The number of carboxylic acids is 1. The molecule has 0 radical (unpaired) electrons. The minimum Gasteiger partial charge on any atom is -0.480 e. The summed E-state index contributed by atoms with van der Waals surface area (Å²) in [6, 6.07) is 2.81. The smallest absolute Gasteiger partial charge is 0.322 e. The van der Waals surface area contributed by atoms with E-state index in [1.54, 1.807) is 0 Å². The van der Waals surface area contributed by atoms with Crippen LogP contribution in [0.1, 0.15) is 5.56 Å². The van der Waals surface area contributed by atoms with E-state index in [2.05, 4.69) is 5.32 Å². The standard InChI is InChI=1S/C12H12F2N2O4/c13-8-2-1-7(9(14)4-8)3-10(17)15-5-11(18)16-6-12(19)20/h1-2,4H,3,5-6H2,(H,15,17)(H,16,18)(H,19,20). The number of hydrogen-bond acceptors (Lipinski definition) is 3. The number of hydrogen-bond donors (Lipinski definition) is 3. The van der Waals surface area contributed by atoms with Crippen LogP contribution in [0, 0.1) is 11.6 Å². The highest BCUT2D eigenvalue weighted by atomic mass is 19.1. The summed E-state index contributed by atoms with van der Waals surface area (Å²) < 4.78 is 25.9. The van der Waals surface area contributed by atoms with Gasteiger partial charge in [-0.2, -0.15) is 0 Å². The highest BCUT2D eigenvalue weighted by Gasteiger charge is 2.10. The Balaban J connectivity index is 2.40. The zero-order valence-corrected chi connectivity index (χ0v) is 10.3. The molecule has 1 aromatic rings. The van der Waals surface area contributed by atoms with Crippen molar-refractivity contribution in [1.29, 1.82) is 0 Å². The number of carbonyl (C=O) groups is 3. The van der Waals surface area contributed by atoms with E-state index in [1.165, 1.54) is 0 Å². The molecule has 1 aromatic carbocycles. The molecule has 0 aliphatic heterocycles.